The number of rotatable bonds is 5. The van der Waals surface area contributed by atoms with E-state index in [1.807, 2.05) is 13.2 Å². The fraction of sp³-hybridized carbons (Fsp3) is 0.269. The monoisotopic (exact) mass is 502 g/mol. The number of anilines is 2. The van der Waals surface area contributed by atoms with Gasteiger partial charge < -0.3 is 15.5 Å². The van der Waals surface area contributed by atoms with Gasteiger partial charge in [0.1, 0.15) is 17.7 Å². The van der Waals surface area contributed by atoms with E-state index < -0.39 is 18.5 Å². The Morgan fingerprint density at radius 1 is 0.919 bits per heavy atom. The molecule has 1 aliphatic rings. The van der Waals surface area contributed by atoms with E-state index in [0.29, 0.717) is 16.6 Å². The molecule has 0 saturated carbocycles. The van der Waals surface area contributed by atoms with Crippen LogP contribution in [-0.4, -0.2) is 60.4 Å². The van der Waals surface area contributed by atoms with Crippen LogP contribution in [-0.2, 0) is 12.6 Å². The number of nitrogens with zero attached hydrogens (tertiary/aromatic N) is 9. The van der Waals surface area contributed by atoms with Gasteiger partial charge in [-0.15, -0.1) is 0 Å². The molecule has 188 valence electrons. The summed E-state index contributed by atoms with van der Waals surface area (Å²) in [6.45, 7) is -3.09. The summed E-state index contributed by atoms with van der Waals surface area (Å²) in [5, 5.41) is 8.45. The number of aryl methyl sites for hydroxylation is 1. The molecule has 0 unspecified atom stereocenters. The van der Waals surface area contributed by atoms with E-state index in [4.69, 9.17) is 11.2 Å². The predicted molar refractivity (Wildman–Crippen MR) is 139 cm³/mol. The van der Waals surface area contributed by atoms with Crippen molar-refractivity contribution in [2.24, 2.45) is 12.8 Å². The lowest BCUT2D eigenvalue weighted by atomic mass is 9.87. The Morgan fingerprint density at radius 2 is 1.65 bits per heavy atom. The first-order chi connectivity index (χ1) is 19.3. The Bertz CT molecular complexity index is 1700. The Morgan fingerprint density at radius 3 is 2.32 bits per heavy atom. The highest BCUT2D eigenvalue weighted by Gasteiger charge is 2.26. The normalized spacial score (nSPS) is 20.1. The van der Waals surface area contributed by atoms with Gasteiger partial charge in [-0.2, -0.15) is 10.2 Å². The van der Waals surface area contributed by atoms with Crippen LogP contribution in [0.3, 0.4) is 0 Å². The quantitative estimate of drug-likeness (QED) is 0.391. The minimum absolute atomic E-state index is 0.124. The van der Waals surface area contributed by atoms with Crippen molar-refractivity contribution in [1.29, 1.82) is 0 Å². The summed E-state index contributed by atoms with van der Waals surface area (Å²) in [6, 6.07) is 7.65. The van der Waals surface area contributed by atoms with Crippen molar-refractivity contribution < 1.29 is 9.87 Å². The number of aromatic nitrogens is 7. The molecule has 0 amide bonds. The van der Waals surface area contributed by atoms with Crippen molar-refractivity contribution in [3.63, 3.8) is 0 Å². The van der Waals surface area contributed by atoms with Crippen molar-refractivity contribution in [3.05, 3.63) is 84.6 Å². The standard InChI is InChI=1S/C26H27FN10/c1-26(28,20-3-5-22(27)6-4-20)21-13-29-25(30-14-21)36-9-7-35(8-10-36)24-23-11-18(16-37(23)33-17-31-24)19-12-32-34(2)15-19/h3-6,11-17H,7-10,28H2,1-2H3/t26-/m0/s1/i7D2,8D2. The zero-order chi connectivity index (χ0) is 29.2. The molecule has 10 nitrogen and oxygen atoms in total. The third-order valence-electron chi connectivity index (χ3n) is 6.44. The second-order valence-corrected chi connectivity index (χ2v) is 9.03. The highest BCUT2D eigenvalue weighted by molar-refractivity contribution is 5.77. The summed E-state index contributed by atoms with van der Waals surface area (Å²) in [5.41, 5.74) is 8.86. The molecule has 2 N–H and O–H groups in total. The van der Waals surface area contributed by atoms with Crippen LogP contribution in [0.25, 0.3) is 16.6 Å². The average Bonchev–Trinajstić information content (AvgIpc) is 3.54. The van der Waals surface area contributed by atoms with Gasteiger partial charge in [-0.1, -0.05) is 12.1 Å². The van der Waals surface area contributed by atoms with Gasteiger partial charge in [-0.3, -0.25) is 4.68 Å². The second-order valence-electron chi connectivity index (χ2n) is 9.03. The second kappa shape index (κ2) is 8.93. The molecule has 0 spiro atoms. The van der Waals surface area contributed by atoms with Crippen LogP contribution in [0.2, 0.25) is 0 Å². The lowest BCUT2D eigenvalue weighted by molar-refractivity contribution is 0.585. The van der Waals surface area contributed by atoms with Crippen molar-refractivity contribution in [2.75, 3.05) is 35.9 Å². The Kier molecular flexibility index (Phi) is 4.54. The fourth-order valence-electron chi connectivity index (χ4n) is 4.25. The number of piperazine rings is 1. The maximum Gasteiger partial charge on any atom is 0.225 e. The van der Waals surface area contributed by atoms with Crippen LogP contribution < -0.4 is 15.5 Å². The molecular weight excluding hydrogens is 471 g/mol. The predicted octanol–water partition coefficient (Wildman–Crippen LogP) is 2.61. The van der Waals surface area contributed by atoms with Gasteiger partial charge >= 0.3 is 0 Å². The minimum atomic E-state index is -2.20. The van der Waals surface area contributed by atoms with E-state index >= 15 is 0 Å². The Hall–Kier alpha value is -4.38. The van der Waals surface area contributed by atoms with Crippen molar-refractivity contribution in [1.82, 2.24) is 34.3 Å². The molecule has 1 aliphatic heterocycles. The third kappa shape index (κ3) is 4.27. The topological polar surface area (TPSA) is 106 Å². The van der Waals surface area contributed by atoms with Gasteiger partial charge in [0.15, 0.2) is 5.82 Å². The van der Waals surface area contributed by atoms with Crippen LogP contribution in [0.5, 0.6) is 0 Å². The molecule has 0 bridgehead atoms. The fourth-order valence-corrected chi connectivity index (χ4v) is 4.25. The minimum Gasteiger partial charge on any atom is -0.351 e. The number of halogens is 1. The van der Waals surface area contributed by atoms with Gasteiger partial charge in [-0.05, 0) is 30.7 Å². The van der Waals surface area contributed by atoms with Crippen LogP contribution in [0, 0.1) is 5.82 Å². The number of benzene rings is 1. The number of hydrogen-bond acceptors (Lipinski definition) is 8. The van der Waals surface area contributed by atoms with Gasteiger partial charge in [-0.25, -0.2) is 23.9 Å². The highest BCUT2D eigenvalue weighted by Crippen LogP contribution is 2.29. The summed E-state index contributed by atoms with van der Waals surface area (Å²) in [7, 11) is 1.81. The Balaban J connectivity index is 1.30. The first-order valence-corrected chi connectivity index (χ1v) is 11.6. The van der Waals surface area contributed by atoms with Gasteiger partial charge in [0.25, 0.3) is 0 Å². The van der Waals surface area contributed by atoms with E-state index in [1.165, 1.54) is 35.8 Å². The smallest absolute Gasteiger partial charge is 0.225 e. The first kappa shape index (κ1) is 18.8. The van der Waals surface area contributed by atoms with Crippen molar-refractivity contribution >= 4 is 17.3 Å². The summed E-state index contributed by atoms with van der Waals surface area (Å²) in [6.07, 6.45) is 9.65. The molecule has 1 aromatic carbocycles. The third-order valence-corrected chi connectivity index (χ3v) is 6.44. The maximum absolute atomic E-state index is 13.4. The summed E-state index contributed by atoms with van der Waals surface area (Å²) in [4.78, 5) is 15.6. The molecule has 5 aromatic rings. The summed E-state index contributed by atoms with van der Waals surface area (Å²) >= 11 is 0. The maximum atomic E-state index is 13.4. The zero-order valence-electron chi connectivity index (χ0n) is 24.2. The van der Waals surface area contributed by atoms with E-state index in [9.17, 15) is 4.39 Å². The number of hydrogen-bond donors (Lipinski definition) is 1. The van der Waals surface area contributed by atoms with E-state index in [1.54, 1.807) is 46.7 Å². The van der Waals surface area contributed by atoms with Gasteiger partial charge in [0.2, 0.25) is 5.95 Å². The van der Waals surface area contributed by atoms with E-state index in [0.717, 1.165) is 16.0 Å². The summed E-state index contributed by atoms with van der Waals surface area (Å²) < 4.78 is 52.2. The largest absolute Gasteiger partial charge is 0.351 e. The SMILES string of the molecule is [2H]C1([2H])CN(c2ncc([C@@](C)(N)c3ccc(F)cc3)cn2)CC([2H])([2H])N1c1ncnn2cc(-c3cnn(C)c3)cc12. The molecule has 1 saturated heterocycles. The number of nitrogens with two attached hydrogens (primary N) is 1. The highest BCUT2D eigenvalue weighted by atomic mass is 19.1. The molecule has 5 heterocycles. The zero-order valence-corrected chi connectivity index (χ0v) is 20.2. The molecule has 1 atom stereocenters. The van der Waals surface area contributed by atoms with Crippen LogP contribution >= 0.6 is 0 Å². The Labute approximate surface area is 218 Å². The molecule has 4 aromatic heterocycles. The lowest BCUT2D eigenvalue weighted by Crippen LogP contribution is -2.47. The van der Waals surface area contributed by atoms with Crippen molar-refractivity contribution in [3.8, 4) is 11.1 Å². The molecule has 37 heavy (non-hydrogen) atoms. The van der Waals surface area contributed by atoms with Crippen LogP contribution in [0.15, 0.2) is 67.6 Å². The molecule has 11 heteroatoms. The van der Waals surface area contributed by atoms with Crippen LogP contribution in [0.1, 0.15) is 23.5 Å². The number of fused-ring (bicyclic) bond motifs is 1. The summed E-state index contributed by atoms with van der Waals surface area (Å²) in [5.74, 6) is -0.0860. The van der Waals surface area contributed by atoms with Gasteiger partial charge in [0.05, 0.1) is 17.2 Å². The molecular formula is C26H27FN10. The van der Waals surface area contributed by atoms with E-state index in [2.05, 4.69) is 25.1 Å². The van der Waals surface area contributed by atoms with Gasteiger partial charge in [0, 0.05) is 74.6 Å². The molecule has 0 radical (unpaired) electrons. The average molecular weight is 503 g/mol. The van der Waals surface area contributed by atoms with Crippen LogP contribution in [0.4, 0.5) is 16.2 Å². The lowest BCUT2D eigenvalue weighted by Gasteiger charge is -2.35. The molecule has 0 aliphatic carbocycles. The van der Waals surface area contributed by atoms with E-state index in [-0.39, 0.29) is 30.7 Å². The molecule has 6 rings (SSSR count). The van der Waals surface area contributed by atoms with Crippen molar-refractivity contribution in [2.45, 2.75) is 12.5 Å². The molecule has 1 fully saturated rings. The first-order valence-electron chi connectivity index (χ1n) is 13.6.